The van der Waals surface area contributed by atoms with Gasteiger partial charge in [-0.15, -0.1) is 11.3 Å². The van der Waals surface area contributed by atoms with Gasteiger partial charge in [-0.25, -0.2) is 4.98 Å². The van der Waals surface area contributed by atoms with Crippen molar-refractivity contribution in [2.45, 2.75) is 97.8 Å². The first kappa shape index (κ1) is 25.5. The molecule has 1 aliphatic rings. The fourth-order valence-corrected chi connectivity index (χ4v) is 4.98. The number of nitrogens with zero attached hydrogens (tertiary/aromatic N) is 1. The Kier molecular flexibility index (Phi) is 9.49. The van der Waals surface area contributed by atoms with Gasteiger partial charge < -0.3 is 13.9 Å². The predicted molar refractivity (Wildman–Crippen MR) is 130 cm³/mol. The van der Waals surface area contributed by atoms with Crippen LogP contribution in [-0.2, 0) is 13.9 Å². The van der Waals surface area contributed by atoms with Crippen LogP contribution in [0.1, 0.15) is 71.0 Å². The maximum Gasteiger partial charge on any atom is 0.192 e. The van der Waals surface area contributed by atoms with E-state index in [0.717, 1.165) is 36.6 Å². The van der Waals surface area contributed by atoms with Crippen LogP contribution in [0.15, 0.2) is 22.6 Å². The highest BCUT2D eigenvalue weighted by Crippen LogP contribution is 2.38. The van der Waals surface area contributed by atoms with E-state index in [-0.39, 0.29) is 17.4 Å². The van der Waals surface area contributed by atoms with Crippen molar-refractivity contribution in [2.24, 2.45) is 0 Å². The lowest BCUT2D eigenvalue weighted by molar-refractivity contribution is -0.156. The molecule has 0 N–H and O–H groups in total. The lowest BCUT2D eigenvalue weighted by Gasteiger charge is -2.39. The zero-order valence-electron chi connectivity index (χ0n) is 20.2. The molecule has 0 spiro atoms. The van der Waals surface area contributed by atoms with Crippen LogP contribution in [0.4, 0.5) is 0 Å². The second kappa shape index (κ2) is 11.2. The van der Waals surface area contributed by atoms with E-state index in [1.807, 2.05) is 6.92 Å². The maximum absolute atomic E-state index is 6.82. The molecule has 1 aromatic heterocycles. The number of thiazole rings is 1. The van der Waals surface area contributed by atoms with Crippen molar-refractivity contribution in [3.8, 4) is 0 Å². The van der Waals surface area contributed by atoms with E-state index in [2.05, 4.69) is 70.2 Å². The third kappa shape index (κ3) is 8.04. The van der Waals surface area contributed by atoms with Gasteiger partial charge in [0.1, 0.15) is 0 Å². The Morgan fingerprint density at radius 2 is 2.07 bits per heavy atom. The highest BCUT2D eigenvalue weighted by Gasteiger charge is 2.39. The molecule has 2 rings (SSSR count). The lowest BCUT2D eigenvalue weighted by Crippen LogP contribution is -2.44. The summed E-state index contributed by atoms with van der Waals surface area (Å²) in [6.07, 6.45) is 8.63. The van der Waals surface area contributed by atoms with Crippen molar-refractivity contribution in [3.05, 3.63) is 33.3 Å². The summed E-state index contributed by atoms with van der Waals surface area (Å²) in [6.45, 7) is 19.3. The summed E-state index contributed by atoms with van der Waals surface area (Å²) < 4.78 is 18.4. The highest BCUT2D eigenvalue weighted by atomic mass is 32.1. The average Bonchev–Trinajstić information content (AvgIpc) is 3.07. The molecule has 0 radical (unpaired) electrons. The number of aromatic nitrogens is 1. The first-order valence-corrected chi connectivity index (χ1v) is 14.9. The van der Waals surface area contributed by atoms with Crippen LogP contribution in [0.5, 0.6) is 0 Å². The molecule has 0 aliphatic carbocycles. The van der Waals surface area contributed by atoms with Crippen LogP contribution in [0, 0.1) is 6.92 Å². The fraction of sp³-hybridized carbons (Fsp3) is 0.708. The van der Waals surface area contributed by atoms with E-state index in [9.17, 15) is 0 Å². The van der Waals surface area contributed by atoms with Gasteiger partial charge in [-0.3, -0.25) is 0 Å². The fourth-order valence-electron chi connectivity index (χ4n) is 3.07. The Morgan fingerprint density at radius 1 is 1.33 bits per heavy atom. The maximum atomic E-state index is 6.82. The average molecular weight is 452 g/mol. The molecule has 1 saturated heterocycles. The van der Waals surface area contributed by atoms with Gasteiger partial charge >= 0.3 is 0 Å². The zero-order chi connectivity index (χ0) is 22.4. The smallest absolute Gasteiger partial charge is 0.192 e. The monoisotopic (exact) mass is 451 g/mol. The van der Waals surface area contributed by atoms with Crippen molar-refractivity contribution >= 4 is 25.7 Å². The van der Waals surface area contributed by atoms with E-state index < -0.39 is 8.32 Å². The van der Waals surface area contributed by atoms with Crippen LogP contribution < -0.4 is 0 Å². The van der Waals surface area contributed by atoms with Gasteiger partial charge in [0.15, 0.2) is 14.6 Å². The Hall–Kier alpha value is -0.793. The topological polar surface area (TPSA) is 40.6 Å². The van der Waals surface area contributed by atoms with Crippen molar-refractivity contribution < 1.29 is 13.9 Å². The molecule has 0 aromatic carbocycles. The molecular formula is C24H41NO3SSi. The molecule has 1 unspecified atom stereocenters. The molecule has 6 heteroatoms. The van der Waals surface area contributed by atoms with E-state index in [1.165, 1.54) is 17.6 Å². The molecule has 0 saturated carbocycles. The largest absolute Gasteiger partial charge is 0.410 e. The first-order valence-electron chi connectivity index (χ1n) is 11.1. The summed E-state index contributed by atoms with van der Waals surface area (Å²) in [5.74, 6) is 0. The summed E-state index contributed by atoms with van der Waals surface area (Å²) in [4.78, 5) is 4.60. The second-order valence-corrected chi connectivity index (χ2v) is 15.8. The van der Waals surface area contributed by atoms with Gasteiger partial charge in [-0.2, -0.15) is 0 Å². The zero-order valence-corrected chi connectivity index (χ0v) is 22.0. The van der Waals surface area contributed by atoms with Crippen molar-refractivity contribution in [3.63, 3.8) is 0 Å². The number of hydrogen-bond acceptors (Lipinski definition) is 5. The molecule has 170 valence electrons. The van der Waals surface area contributed by atoms with Gasteiger partial charge in [0, 0.05) is 12.0 Å². The summed E-state index contributed by atoms with van der Waals surface area (Å²) in [5, 5.41) is 3.37. The summed E-state index contributed by atoms with van der Waals surface area (Å²) in [7, 11) is -1.90. The third-order valence-electron chi connectivity index (χ3n) is 6.08. The Morgan fingerprint density at radius 3 is 2.63 bits per heavy atom. The van der Waals surface area contributed by atoms with Crippen LogP contribution in [0.3, 0.4) is 0 Å². The van der Waals surface area contributed by atoms with Gasteiger partial charge in [0.05, 0.1) is 23.4 Å². The van der Waals surface area contributed by atoms with Gasteiger partial charge in [0.25, 0.3) is 0 Å². The van der Waals surface area contributed by atoms with Crippen LogP contribution in [0.25, 0.3) is 6.08 Å². The predicted octanol–water partition coefficient (Wildman–Crippen LogP) is 7.12. The highest BCUT2D eigenvalue weighted by molar-refractivity contribution is 7.09. The lowest BCUT2D eigenvalue weighted by atomic mass is 10.1. The minimum absolute atomic E-state index is 0.0454. The van der Waals surface area contributed by atoms with Crippen molar-refractivity contribution in [2.75, 3.05) is 13.2 Å². The Labute approximate surface area is 188 Å². The van der Waals surface area contributed by atoms with Crippen molar-refractivity contribution in [1.29, 1.82) is 0 Å². The summed E-state index contributed by atoms with van der Waals surface area (Å²) in [6, 6.07) is 0. The first-order chi connectivity index (χ1) is 14.0. The number of ether oxygens (including phenoxy) is 2. The van der Waals surface area contributed by atoms with E-state index in [4.69, 9.17) is 13.9 Å². The quantitative estimate of drug-likeness (QED) is 0.296. The second-order valence-electron chi connectivity index (χ2n) is 9.94. The third-order valence-corrected chi connectivity index (χ3v) is 11.4. The Balaban J connectivity index is 2.08. The van der Waals surface area contributed by atoms with Crippen LogP contribution in [0.2, 0.25) is 18.1 Å². The molecule has 1 aromatic rings. The number of hydrogen-bond donors (Lipinski definition) is 0. The molecule has 4 nitrogen and oxygen atoms in total. The minimum atomic E-state index is -1.90. The molecule has 0 bridgehead atoms. The Bertz CT molecular complexity index is 727. The van der Waals surface area contributed by atoms with E-state index in [1.54, 1.807) is 11.3 Å². The molecule has 0 amide bonds. The van der Waals surface area contributed by atoms with E-state index >= 15 is 0 Å². The van der Waals surface area contributed by atoms with Crippen molar-refractivity contribution in [1.82, 2.24) is 4.98 Å². The SMILES string of the molecule is C/C(=C/C[C@@H](O[Si](C)(C)C(C)(C)C)/C(C)=C/c1csc(C)n1)COC1CCCCO1. The van der Waals surface area contributed by atoms with Gasteiger partial charge in [-0.1, -0.05) is 32.4 Å². The molecule has 2 atom stereocenters. The van der Waals surface area contributed by atoms with Gasteiger partial charge in [-0.05, 0) is 76.2 Å². The number of rotatable bonds is 9. The van der Waals surface area contributed by atoms with Crippen LogP contribution >= 0.6 is 11.3 Å². The number of aryl methyl sites for hydroxylation is 1. The molecule has 2 heterocycles. The summed E-state index contributed by atoms with van der Waals surface area (Å²) in [5.41, 5.74) is 3.48. The molecule has 1 fully saturated rings. The van der Waals surface area contributed by atoms with Gasteiger partial charge in [0.2, 0.25) is 0 Å². The standard InChI is InChI=1S/C24H41NO3SSi/c1-18(16-27-23-11-9-10-14-26-23)12-13-22(28-30(7,8)24(4,5)6)19(2)15-21-17-29-20(3)25-21/h12,15,17,22-23H,9-11,13-14,16H2,1-8H3/b18-12-,19-15+/t22-,23?/m1/s1. The normalized spacial score (nSPS) is 20.5. The minimum Gasteiger partial charge on any atom is -0.410 e. The molecular weight excluding hydrogens is 410 g/mol. The molecule has 30 heavy (non-hydrogen) atoms. The van der Waals surface area contributed by atoms with Crippen LogP contribution in [-0.4, -0.2) is 38.9 Å². The van der Waals surface area contributed by atoms with E-state index in [0.29, 0.717) is 6.61 Å². The summed E-state index contributed by atoms with van der Waals surface area (Å²) >= 11 is 1.69. The molecule has 1 aliphatic heterocycles.